The monoisotopic (exact) mass is 580 g/mol. The molecule has 0 saturated heterocycles. The third-order valence-corrected chi connectivity index (χ3v) is 8.04. The van der Waals surface area contributed by atoms with Crippen molar-refractivity contribution in [2.75, 3.05) is 19.0 Å². The second-order valence-corrected chi connectivity index (χ2v) is 10.4. The molecule has 0 fully saturated rings. The molecule has 40 heavy (non-hydrogen) atoms. The van der Waals surface area contributed by atoms with Gasteiger partial charge in [0.2, 0.25) is 0 Å². The number of aryl methyl sites for hydroxylation is 1. The van der Waals surface area contributed by atoms with Crippen molar-refractivity contribution in [3.8, 4) is 17.1 Å². The van der Waals surface area contributed by atoms with Gasteiger partial charge in [0, 0.05) is 29.4 Å². The van der Waals surface area contributed by atoms with Gasteiger partial charge in [0.1, 0.15) is 16.6 Å². The molecule has 8 nitrogen and oxygen atoms in total. The Bertz CT molecular complexity index is 1660. The van der Waals surface area contributed by atoms with Crippen LogP contribution in [0.15, 0.2) is 69.7 Å². The molecular weight excluding hydrogens is 551 g/mol. The fraction of sp³-hybridized carbons (Fsp3) is 0.300. The van der Waals surface area contributed by atoms with E-state index in [1.54, 1.807) is 26.3 Å². The SMILES string of the molecule is CCOC(=O)c1nc(-c2ccccc2OC)n2c1C(Nc1cc(Cl)c(=O)n(CC)c1)C1=CC=C(Cl)C(C)C1=C2C. The number of carbonyl (C=O) groups is 1. The first-order valence-corrected chi connectivity index (χ1v) is 13.9. The molecule has 5 rings (SSSR count). The molecule has 3 heterocycles. The van der Waals surface area contributed by atoms with Gasteiger partial charge in [0.15, 0.2) is 5.69 Å². The van der Waals surface area contributed by atoms with Crippen molar-refractivity contribution in [2.45, 2.75) is 40.3 Å². The Hall–Kier alpha value is -3.75. The minimum atomic E-state index is -0.545. The van der Waals surface area contributed by atoms with Crippen molar-refractivity contribution in [3.63, 3.8) is 0 Å². The lowest BCUT2D eigenvalue weighted by molar-refractivity contribution is 0.0518. The zero-order valence-electron chi connectivity index (χ0n) is 22.9. The molecule has 0 amide bonds. The fourth-order valence-corrected chi connectivity index (χ4v) is 5.86. The maximum absolute atomic E-state index is 13.4. The molecule has 1 aliphatic heterocycles. The highest BCUT2D eigenvalue weighted by atomic mass is 35.5. The van der Waals surface area contributed by atoms with Crippen LogP contribution in [0.25, 0.3) is 17.1 Å². The average Bonchev–Trinajstić information content (AvgIpc) is 3.35. The highest BCUT2D eigenvalue weighted by molar-refractivity contribution is 6.31. The first kappa shape index (κ1) is 27.8. The zero-order valence-corrected chi connectivity index (χ0v) is 24.4. The average molecular weight is 582 g/mol. The molecule has 1 aromatic carbocycles. The number of imidazole rings is 1. The van der Waals surface area contributed by atoms with E-state index in [0.717, 1.165) is 22.4 Å². The molecule has 0 radical (unpaired) electrons. The van der Waals surface area contributed by atoms with Crippen LogP contribution in [0.2, 0.25) is 5.02 Å². The molecule has 2 atom stereocenters. The number of nitrogens with zero attached hydrogens (tertiary/aromatic N) is 3. The smallest absolute Gasteiger partial charge is 0.358 e. The summed E-state index contributed by atoms with van der Waals surface area (Å²) < 4.78 is 14.7. The Balaban J connectivity index is 1.83. The summed E-state index contributed by atoms with van der Waals surface area (Å²) >= 11 is 13.0. The maximum atomic E-state index is 13.4. The summed E-state index contributed by atoms with van der Waals surface area (Å²) in [5.74, 6) is 0.517. The number of methoxy groups -OCH3 is 1. The summed E-state index contributed by atoms with van der Waals surface area (Å²) in [6, 6.07) is 8.59. The van der Waals surface area contributed by atoms with Gasteiger partial charge in [-0.05, 0) is 56.2 Å². The van der Waals surface area contributed by atoms with Crippen LogP contribution in [-0.4, -0.2) is 33.8 Å². The number of nitrogens with one attached hydrogen (secondary N) is 1. The molecule has 0 bridgehead atoms. The normalized spacial score (nSPS) is 18.0. The van der Waals surface area contributed by atoms with Gasteiger partial charge in [-0.2, -0.15) is 0 Å². The number of fused-ring (bicyclic) bond motifs is 2. The van der Waals surface area contributed by atoms with Crippen molar-refractivity contribution in [1.82, 2.24) is 14.1 Å². The van der Waals surface area contributed by atoms with E-state index in [2.05, 4.69) is 5.32 Å². The van der Waals surface area contributed by atoms with Gasteiger partial charge in [-0.1, -0.05) is 48.3 Å². The Kier molecular flexibility index (Phi) is 7.66. The number of benzene rings is 1. The van der Waals surface area contributed by atoms with Gasteiger partial charge in [-0.3, -0.25) is 9.36 Å². The molecule has 0 saturated carbocycles. The molecule has 2 aliphatic rings. The molecule has 2 aromatic heterocycles. The van der Waals surface area contributed by atoms with Crippen molar-refractivity contribution in [2.24, 2.45) is 5.92 Å². The number of esters is 1. The standard InChI is InChI=1S/C30H30Cl2N4O4/c1-6-35-15-18(14-22(32)29(35)37)33-25-20-12-13-21(31)16(3)24(20)17(4)36-27(25)26(30(38)40-7-2)34-28(36)19-10-8-9-11-23(19)39-5/h8-16,25,33H,6-7H2,1-5H3. The summed E-state index contributed by atoms with van der Waals surface area (Å²) in [7, 11) is 1.60. The Morgan fingerprint density at radius 3 is 2.62 bits per heavy atom. The van der Waals surface area contributed by atoms with Crippen molar-refractivity contribution >= 4 is 40.6 Å². The predicted octanol–water partition coefficient (Wildman–Crippen LogP) is 6.67. The summed E-state index contributed by atoms with van der Waals surface area (Å²) in [5, 5.41) is 4.34. The van der Waals surface area contributed by atoms with Crippen LogP contribution in [-0.2, 0) is 11.3 Å². The van der Waals surface area contributed by atoms with Crippen LogP contribution in [0.1, 0.15) is 49.9 Å². The molecule has 1 aliphatic carbocycles. The van der Waals surface area contributed by atoms with E-state index in [4.69, 9.17) is 37.7 Å². The van der Waals surface area contributed by atoms with Gasteiger partial charge in [-0.25, -0.2) is 9.78 Å². The van der Waals surface area contributed by atoms with E-state index in [9.17, 15) is 9.59 Å². The van der Waals surface area contributed by atoms with Gasteiger partial charge >= 0.3 is 5.97 Å². The number of rotatable bonds is 7. The number of allylic oxidation sites excluding steroid dienone is 4. The first-order chi connectivity index (χ1) is 19.2. The molecular formula is C30H30Cl2N4O4. The van der Waals surface area contributed by atoms with E-state index in [-0.39, 0.29) is 28.8 Å². The summed E-state index contributed by atoms with van der Waals surface area (Å²) in [4.78, 5) is 30.8. The number of carbonyl (C=O) groups excluding carboxylic acids is 1. The summed E-state index contributed by atoms with van der Waals surface area (Å²) in [6.45, 7) is 8.32. The van der Waals surface area contributed by atoms with Gasteiger partial charge in [0.25, 0.3) is 5.56 Å². The second kappa shape index (κ2) is 11.0. The van der Waals surface area contributed by atoms with Gasteiger partial charge in [0.05, 0.1) is 36.7 Å². The van der Waals surface area contributed by atoms with Crippen LogP contribution in [0.4, 0.5) is 5.69 Å². The predicted molar refractivity (Wildman–Crippen MR) is 158 cm³/mol. The van der Waals surface area contributed by atoms with Crippen LogP contribution in [0.3, 0.4) is 0 Å². The van der Waals surface area contributed by atoms with Crippen LogP contribution in [0, 0.1) is 5.92 Å². The second-order valence-electron chi connectivity index (χ2n) is 9.56. The van der Waals surface area contributed by atoms with Crippen LogP contribution >= 0.6 is 23.2 Å². The number of halogens is 2. The minimum absolute atomic E-state index is 0.0948. The first-order valence-electron chi connectivity index (χ1n) is 13.1. The lowest BCUT2D eigenvalue weighted by atomic mass is 9.80. The number of hydrogen-bond acceptors (Lipinski definition) is 6. The largest absolute Gasteiger partial charge is 0.496 e. The van der Waals surface area contributed by atoms with E-state index in [1.165, 1.54) is 4.57 Å². The fourth-order valence-electron chi connectivity index (χ4n) is 5.46. The molecule has 0 spiro atoms. The molecule has 208 valence electrons. The van der Waals surface area contributed by atoms with E-state index in [1.807, 2.05) is 61.8 Å². The number of para-hydroxylation sites is 1. The molecule has 10 heteroatoms. The summed E-state index contributed by atoms with van der Waals surface area (Å²) in [5.41, 5.74) is 4.69. The lowest BCUT2D eigenvalue weighted by Crippen LogP contribution is -2.30. The Morgan fingerprint density at radius 2 is 1.93 bits per heavy atom. The van der Waals surface area contributed by atoms with Crippen LogP contribution in [0.5, 0.6) is 5.75 Å². The molecule has 1 N–H and O–H groups in total. The maximum Gasteiger partial charge on any atom is 0.358 e. The van der Waals surface area contributed by atoms with E-state index < -0.39 is 12.0 Å². The third-order valence-electron chi connectivity index (χ3n) is 7.31. The molecule has 2 unspecified atom stereocenters. The van der Waals surface area contributed by atoms with Crippen molar-refractivity contribution in [3.05, 3.63) is 91.6 Å². The number of anilines is 1. The Labute approximate surface area is 242 Å². The van der Waals surface area contributed by atoms with Crippen molar-refractivity contribution < 1.29 is 14.3 Å². The number of ether oxygens (including phenoxy) is 2. The van der Waals surface area contributed by atoms with Gasteiger partial charge in [-0.15, -0.1) is 0 Å². The van der Waals surface area contributed by atoms with E-state index >= 15 is 0 Å². The minimum Gasteiger partial charge on any atom is -0.496 e. The quantitative estimate of drug-likeness (QED) is 0.314. The van der Waals surface area contributed by atoms with Crippen molar-refractivity contribution in [1.29, 1.82) is 0 Å². The number of pyridine rings is 1. The summed E-state index contributed by atoms with van der Waals surface area (Å²) in [6.07, 6.45) is 5.56. The highest BCUT2D eigenvalue weighted by Gasteiger charge is 2.40. The number of hydrogen-bond donors (Lipinski definition) is 1. The molecule has 3 aromatic rings. The Morgan fingerprint density at radius 1 is 1.18 bits per heavy atom. The topological polar surface area (TPSA) is 87.4 Å². The zero-order chi connectivity index (χ0) is 28.7. The third kappa shape index (κ3) is 4.55. The van der Waals surface area contributed by atoms with Crippen LogP contribution < -0.4 is 15.6 Å². The number of aromatic nitrogens is 3. The highest BCUT2D eigenvalue weighted by Crippen LogP contribution is 2.49. The van der Waals surface area contributed by atoms with E-state index in [0.29, 0.717) is 34.5 Å². The van der Waals surface area contributed by atoms with Gasteiger partial charge < -0.3 is 19.4 Å². The lowest BCUT2D eigenvalue weighted by Gasteiger charge is -2.37.